The van der Waals surface area contributed by atoms with Crippen LogP contribution < -0.4 is 0 Å². The number of hydrogen-bond acceptors (Lipinski definition) is 4. The number of rotatable bonds is 5. The Labute approximate surface area is 206 Å². The zero-order valence-electron chi connectivity index (χ0n) is 22.5. The molecule has 3 N–H and O–H groups in total. The van der Waals surface area contributed by atoms with E-state index < -0.39 is 29.1 Å². The highest BCUT2D eigenvalue weighted by Gasteiger charge is 2.70. The molecule has 192 valence electrons. The van der Waals surface area contributed by atoms with Crippen molar-refractivity contribution >= 4 is 6.29 Å². The monoisotopic (exact) mass is 472 g/mol. The summed E-state index contributed by atoms with van der Waals surface area (Å²) in [5, 5.41) is 33.0. The Balaban J connectivity index is 1.72. The number of aliphatic hydroxyl groups is 3. The molecule has 3 fully saturated rings. The molecule has 34 heavy (non-hydrogen) atoms. The van der Waals surface area contributed by atoms with E-state index in [1.165, 1.54) is 6.29 Å². The Bertz CT molecular complexity index is 869. The van der Waals surface area contributed by atoms with Crippen LogP contribution in [-0.2, 0) is 4.79 Å². The lowest BCUT2D eigenvalue weighted by molar-refractivity contribution is -0.183. The first-order valence-electron chi connectivity index (χ1n) is 13.6. The smallest absolute Gasteiger partial charge is 0.127 e. The van der Waals surface area contributed by atoms with Crippen LogP contribution >= 0.6 is 0 Å². The molecular formula is C30H48O4. The molecule has 0 amide bonds. The van der Waals surface area contributed by atoms with Crippen LogP contribution in [0.2, 0.25) is 0 Å². The predicted molar refractivity (Wildman–Crippen MR) is 136 cm³/mol. The highest BCUT2D eigenvalue weighted by Crippen LogP contribution is 2.74. The molecule has 10 atom stereocenters. The van der Waals surface area contributed by atoms with E-state index in [9.17, 15) is 20.1 Å². The van der Waals surface area contributed by atoms with Crippen LogP contribution in [-0.4, -0.2) is 39.9 Å². The van der Waals surface area contributed by atoms with Gasteiger partial charge < -0.3 is 20.1 Å². The van der Waals surface area contributed by atoms with Gasteiger partial charge in [-0.05, 0) is 87.4 Å². The zero-order valence-corrected chi connectivity index (χ0v) is 22.5. The molecule has 0 aromatic heterocycles. The van der Waals surface area contributed by atoms with Crippen molar-refractivity contribution in [2.45, 2.75) is 112 Å². The summed E-state index contributed by atoms with van der Waals surface area (Å²) in [7, 11) is 0. The first-order valence-corrected chi connectivity index (χ1v) is 13.6. The summed E-state index contributed by atoms with van der Waals surface area (Å²) in [5.74, 6) is 0.839. The molecule has 4 nitrogen and oxygen atoms in total. The van der Waals surface area contributed by atoms with Crippen molar-refractivity contribution in [1.29, 1.82) is 0 Å². The van der Waals surface area contributed by atoms with Crippen molar-refractivity contribution in [2.75, 3.05) is 0 Å². The van der Waals surface area contributed by atoms with Gasteiger partial charge in [0.1, 0.15) is 6.29 Å². The molecule has 0 radical (unpaired) electrons. The van der Waals surface area contributed by atoms with Crippen molar-refractivity contribution < 1.29 is 20.1 Å². The fourth-order valence-corrected chi connectivity index (χ4v) is 9.55. The topological polar surface area (TPSA) is 77.8 Å². The number of fused-ring (bicyclic) bond motifs is 5. The van der Waals surface area contributed by atoms with E-state index in [1.54, 1.807) is 0 Å². The van der Waals surface area contributed by atoms with E-state index in [0.717, 1.165) is 49.7 Å². The fourth-order valence-electron chi connectivity index (χ4n) is 9.55. The average molecular weight is 473 g/mol. The zero-order chi connectivity index (χ0) is 25.3. The van der Waals surface area contributed by atoms with Crippen LogP contribution in [0.25, 0.3) is 0 Å². The molecule has 0 saturated heterocycles. The number of hydrogen-bond donors (Lipinski definition) is 3. The van der Waals surface area contributed by atoms with E-state index in [-0.39, 0.29) is 22.7 Å². The maximum Gasteiger partial charge on any atom is 0.127 e. The lowest BCUT2D eigenvalue weighted by Crippen LogP contribution is -2.64. The van der Waals surface area contributed by atoms with Crippen molar-refractivity contribution in [3.8, 4) is 0 Å². The van der Waals surface area contributed by atoms with Crippen molar-refractivity contribution in [3.05, 3.63) is 23.3 Å². The van der Waals surface area contributed by atoms with Crippen LogP contribution in [0, 0.1) is 45.3 Å². The van der Waals surface area contributed by atoms with Gasteiger partial charge in [0, 0.05) is 16.7 Å². The minimum atomic E-state index is -0.670. The van der Waals surface area contributed by atoms with Crippen LogP contribution in [0.1, 0.15) is 93.4 Å². The van der Waals surface area contributed by atoms with Crippen molar-refractivity contribution in [3.63, 3.8) is 0 Å². The fraction of sp³-hybridized carbons (Fsp3) is 0.833. The number of aliphatic hydroxyl groups excluding tert-OH is 3. The molecular weight excluding hydrogens is 424 g/mol. The van der Waals surface area contributed by atoms with Crippen molar-refractivity contribution in [1.82, 2.24) is 0 Å². The first-order chi connectivity index (χ1) is 15.7. The lowest BCUT2D eigenvalue weighted by Gasteiger charge is -2.66. The highest BCUT2D eigenvalue weighted by atomic mass is 16.3. The van der Waals surface area contributed by atoms with Gasteiger partial charge in [-0.25, -0.2) is 0 Å². The van der Waals surface area contributed by atoms with E-state index in [2.05, 4.69) is 34.6 Å². The van der Waals surface area contributed by atoms with Gasteiger partial charge in [0.2, 0.25) is 0 Å². The maximum absolute atomic E-state index is 13.1. The summed E-state index contributed by atoms with van der Waals surface area (Å²) in [5.41, 5.74) is 1.14. The van der Waals surface area contributed by atoms with Crippen LogP contribution in [0.5, 0.6) is 0 Å². The SMILES string of the molecule is CC(C)=C[C@H](O)C[C@@H](C)[C@H]1CC[C@@]2(C)[C@@H]3[C@H](O)C=C4[C@@H](CC[C@H](O)C4(C)C)[C@]3(C=O)CC[C@]12C. The molecule has 4 heteroatoms. The Morgan fingerprint density at radius 1 is 1.06 bits per heavy atom. The molecule has 0 unspecified atom stereocenters. The molecule has 0 aliphatic heterocycles. The Morgan fingerprint density at radius 2 is 1.74 bits per heavy atom. The number of carbonyl (C=O) groups is 1. The highest BCUT2D eigenvalue weighted by molar-refractivity contribution is 5.65. The van der Waals surface area contributed by atoms with Crippen LogP contribution in [0.15, 0.2) is 23.3 Å². The number of allylic oxidation sites excluding steroid dienone is 1. The Morgan fingerprint density at radius 3 is 2.35 bits per heavy atom. The van der Waals surface area contributed by atoms with Gasteiger partial charge in [-0.15, -0.1) is 0 Å². The third-order valence-corrected chi connectivity index (χ3v) is 11.5. The predicted octanol–water partition coefficient (Wildman–Crippen LogP) is 5.46. The van der Waals surface area contributed by atoms with Gasteiger partial charge >= 0.3 is 0 Å². The molecule has 0 bridgehead atoms. The number of carbonyl (C=O) groups excluding carboxylic acids is 1. The standard InChI is InChI=1S/C30H48O4/c1-18(2)14-20(32)15-19(3)21-10-11-29(7)26-24(33)16-23-22(8-9-25(34)27(23,4)5)30(26,17-31)13-12-28(21,29)6/h14,16-17,19-22,24-26,32-34H,8-13,15H2,1-7H3/t19-,20+,21-,22-,24-,25+,26+,28-,29+,30-/m1/s1. The lowest BCUT2D eigenvalue weighted by atomic mass is 9.38. The molecule has 4 aliphatic carbocycles. The third-order valence-electron chi connectivity index (χ3n) is 11.5. The van der Waals surface area contributed by atoms with Gasteiger partial charge in [0.25, 0.3) is 0 Å². The average Bonchev–Trinajstić information content (AvgIpc) is 3.01. The molecule has 0 heterocycles. The normalized spacial score (nSPS) is 46.9. The largest absolute Gasteiger partial charge is 0.392 e. The summed E-state index contributed by atoms with van der Waals surface area (Å²) in [6.07, 6.45) is 9.84. The van der Waals surface area contributed by atoms with E-state index in [1.807, 2.05) is 26.0 Å². The van der Waals surface area contributed by atoms with Crippen molar-refractivity contribution in [2.24, 2.45) is 45.3 Å². The summed E-state index contributed by atoms with van der Waals surface area (Å²) in [4.78, 5) is 13.1. The second-order valence-electron chi connectivity index (χ2n) is 13.7. The molecule has 0 spiro atoms. The minimum Gasteiger partial charge on any atom is -0.392 e. The van der Waals surface area contributed by atoms with Gasteiger partial charge in [-0.1, -0.05) is 57.9 Å². The third kappa shape index (κ3) is 3.53. The van der Waals surface area contributed by atoms with E-state index >= 15 is 0 Å². The first kappa shape index (κ1) is 26.1. The summed E-state index contributed by atoms with van der Waals surface area (Å²) in [6.45, 7) is 15.2. The summed E-state index contributed by atoms with van der Waals surface area (Å²) in [6, 6.07) is 0. The van der Waals surface area contributed by atoms with Gasteiger partial charge in [0.05, 0.1) is 18.3 Å². The molecule has 0 aromatic carbocycles. The van der Waals surface area contributed by atoms with E-state index in [4.69, 9.17) is 0 Å². The van der Waals surface area contributed by atoms with E-state index in [0.29, 0.717) is 18.3 Å². The summed E-state index contributed by atoms with van der Waals surface area (Å²) >= 11 is 0. The Hall–Kier alpha value is -0.970. The number of aldehydes is 1. The van der Waals surface area contributed by atoms with Crippen LogP contribution in [0.3, 0.4) is 0 Å². The minimum absolute atomic E-state index is 0.0182. The molecule has 4 rings (SSSR count). The Kier molecular flexibility index (Phi) is 6.57. The quantitative estimate of drug-likeness (QED) is 0.367. The molecule has 3 saturated carbocycles. The maximum atomic E-state index is 13.1. The second-order valence-corrected chi connectivity index (χ2v) is 13.7. The summed E-state index contributed by atoms with van der Waals surface area (Å²) < 4.78 is 0. The van der Waals surface area contributed by atoms with Gasteiger partial charge in [-0.3, -0.25) is 0 Å². The van der Waals surface area contributed by atoms with Gasteiger partial charge in [0.15, 0.2) is 0 Å². The van der Waals surface area contributed by atoms with Gasteiger partial charge in [-0.2, -0.15) is 0 Å². The molecule has 4 aliphatic rings. The molecule has 0 aromatic rings. The van der Waals surface area contributed by atoms with Crippen LogP contribution in [0.4, 0.5) is 0 Å². The second kappa shape index (κ2) is 8.56.